The SMILES string of the molecule is Cc1cccc(NN(C)c2cc(C)ccc2C)c1. The van der Waals surface area contributed by atoms with Crippen molar-refractivity contribution < 1.29 is 0 Å². The lowest BCUT2D eigenvalue weighted by Crippen LogP contribution is -2.25. The van der Waals surface area contributed by atoms with Crippen LogP contribution in [0, 0.1) is 20.8 Å². The van der Waals surface area contributed by atoms with E-state index in [9.17, 15) is 0 Å². The third kappa shape index (κ3) is 2.83. The van der Waals surface area contributed by atoms with E-state index in [1.54, 1.807) is 0 Å². The minimum Gasteiger partial charge on any atom is -0.299 e. The lowest BCUT2D eigenvalue weighted by molar-refractivity contribution is 1.07. The Labute approximate surface area is 109 Å². The van der Waals surface area contributed by atoms with Gasteiger partial charge in [0.15, 0.2) is 0 Å². The minimum atomic E-state index is 1.11. The van der Waals surface area contributed by atoms with E-state index in [2.05, 4.69) is 73.7 Å². The lowest BCUT2D eigenvalue weighted by atomic mass is 10.1. The van der Waals surface area contributed by atoms with Crippen molar-refractivity contribution in [2.75, 3.05) is 17.5 Å². The highest BCUT2D eigenvalue weighted by Gasteiger charge is 2.04. The number of anilines is 2. The molecule has 0 aromatic heterocycles. The first kappa shape index (κ1) is 12.5. The number of benzene rings is 2. The fraction of sp³-hybridized carbons (Fsp3) is 0.250. The average Bonchev–Trinajstić information content (AvgIpc) is 2.32. The van der Waals surface area contributed by atoms with Gasteiger partial charge in [0.2, 0.25) is 0 Å². The van der Waals surface area contributed by atoms with E-state index >= 15 is 0 Å². The van der Waals surface area contributed by atoms with Crippen molar-refractivity contribution in [1.82, 2.24) is 0 Å². The molecule has 94 valence electrons. The molecule has 0 saturated carbocycles. The van der Waals surface area contributed by atoms with Crippen LogP contribution in [0.15, 0.2) is 42.5 Å². The van der Waals surface area contributed by atoms with Gasteiger partial charge in [-0.1, -0.05) is 24.3 Å². The number of aryl methyl sites for hydroxylation is 3. The van der Waals surface area contributed by atoms with Gasteiger partial charge in [0.25, 0.3) is 0 Å². The van der Waals surface area contributed by atoms with Gasteiger partial charge in [-0.3, -0.25) is 10.4 Å². The zero-order chi connectivity index (χ0) is 13.1. The Morgan fingerprint density at radius 2 is 1.61 bits per heavy atom. The summed E-state index contributed by atoms with van der Waals surface area (Å²) in [7, 11) is 2.05. The zero-order valence-electron chi connectivity index (χ0n) is 11.5. The van der Waals surface area contributed by atoms with Crippen LogP contribution in [-0.4, -0.2) is 7.05 Å². The van der Waals surface area contributed by atoms with E-state index in [1.165, 1.54) is 22.4 Å². The molecule has 0 aliphatic rings. The van der Waals surface area contributed by atoms with Crippen molar-refractivity contribution in [2.45, 2.75) is 20.8 Å². The summed E-state index contributed by atoms with van der Waals surface area (Å²) in [6.07, 6.45) is 0. The summed E-state index contributed by atoms with van der Waals surface area (Å²) in [6, 6.07) is 14.9. The first-order chi connectivity index (χ1) is 8.56. The van der Waals surface area contributed by atoms with Crippen molar-refractivity contribution in [2.24, 2.45) is 0 Å². The van der Waals surface area contributed by atoms with Crippen LogP contribution in [0.2, 0.25) is 0 Å². The molecule has 2 aromatic carbocycles. The van der Waals surface area contributed by atoms with E-state index in [4.69, 9.17) is 0 Å². The van der Waals surface area contributed by atoms with Crippen LogP contribution >= 0.6 is 0 Å². The van der Waals surface area contributed by atoms with Crippen LogP contribution in [0.5, 0.6) is 0 Å². The fourth-order valence-corrected chi connectivity index (χ4v) is 2.05. The second kappa shape index (κ2) is 5.13. The van der Waals surface area contributed by atoms with Crippen LogP contribution in [-0.2, 0) is 0 Å². The highest BCUT2D eigenvalue weighted by molar-refractivity contribution is 5.59. The average molecular weight is 240 g/mol. The van der Waals surface area contributed by atoms with Gasteiger partial charge in [0.05, 0.1) is 11.4 Å². The Balaban J connectivity index is 2.21. The van der Waals surface area contributed by atoms with E-state index in [1.807, 2.05) is 7.05 Å². The maximum absolute atomic E-state index is 3.40. The van der Waals surface area contributed by atoms with Gasteiger partial charge in [0.1, 0.15) is 0 Å². The number of hydrogen-bond acceptors (Lipinski definition) is 2. The largest absolute Gasteiger partial charge is 0.299 e. The molecule has 0 saturated heterocycles. The van der Waals surface area contributed by atoms with Crippen molar-refractivity contribution in [3.63, 3.8) is 0 Å². The Bertz CT molecular complexity index is 547. The summed E-state index contributed by atoms with van der Waals surface area (Å²) in [4.78, 5) is 0. The van der Waals surface area contributed by atoms with Gasteiger partial charge in [0, 0.05) is 7.05 Å². The van der Waals surface area contributed by atoms with Crippen molar-refractivity contribution in [1.29, 1.82) is 0 Å². The zero-order valence-corrected chi connectivity index (χ0v) is 11.5. The van der Waals surface area contributed by atoms with E-state index in [-0.39, 0.29) is 0 Å². The molecule has 18 heavy (non-hydrogen) atoms. The van der Waals surface area contributed by atoms with E-state index in [0.29, 0.717) is 0 Å². The van der Waals surface area contributed by atoms with Gasteiger partial charge < -0.3 is 0 Å². The molecule has 2 nitrogen and oxygen atoms in total. The highest BCUT2D eigenvalue weighted by atomic mass is 15.5. The van der Waals surface area contributed by atoms with Gasteiger partial charge in [-0.15, -0.1) is 0 Å². The number of hydrogen-bond donors (Lipinski definition) is 1. The molecule has 0 heterocycles. The van der Waals surface area contributed by atoms with Crippen LogP contribution in [0.4, 0.5) is 11.4 Å². The topological polar surface area (TPSA) is 15.3 Å². The maximum Gasteiger partial charge on any atom is 0.0600 e. The predicted octanol–water partition coefficient (Wildman–Crippen LogP) is 4.08. The molecule has 2 heteroatoms. The number of rotatable bonds is 3. The molecule has 0 radical (unpaired) electrons. The summed E-state index contributed by atoms with van der Waals surface area (Å²) >= 11 is 0. The minimum absolute atomic E-state index is 1.11. The second-order valence-electron chi connectivity index (χ2n) is 4.83. The molecule has 0 amide bonds. The van der Waals surface area contributed by atoms with Gasteiger partial charge in [-0.25, -0.2) is 0 Å². The molecule has 0 fully saturated rings. The monoisotopic (exact) mass is 240 g/mol. The van der Waals surface area contributed by atoms with E-state index < -0.39 is 0 Å². The van der Waals surface area contributed by atoms with Gasteiger partial charge in [-0.2, -0.15) is 0 Å². The predicted molar refractivity (Wildman–Crippen MR) is 79.1 cm³/mol. The molecule has 2 aromatic rings. The second-order valence-corrected chi connectivity index (χ2v) is 4.83. The lowest BCUT2D eigenvalue weighted by Gasteiger charge is -2.24. The molecule has 0 atom stereocenters. The first-order valence-corrected chi connectivity index (χ1v) is 6.20. The molecule has 0 unspecified atom stereocenters. The molecule has 2 rings (SSSR count). The van der Waals surface area contributed by atoms with Crippen molar-refractivity contribution in [3.8, 4) is 0 Å². The summed E-state index contributed by atoms with van der Waals surface area (Å²) in [5, 5.41) is 2.07. The normalized spacial score (nSPS) is 10.2. The number of nitrogens with one attached hydrogen (secondary N) is 1. The Morgan fingerprint density at radius 3 is 2.33 bits per heavy atom. The summed E-state index contributed by atoms with van der Waals surface area (Å²) in [6.45, 7) is 6.34. The van der Waals surface area contributed by atoms with Crippen LogP contribution < -0.4 is 10.4 Å². The number of hydrazine groups is 1. The summed E-state index contributed by atoms with van der Waals surface area (Å²) in [5.74, 6) is 0. The standard InChI is InChI=1S/C16H20N2/c1-12-6-5-7-15(10-12)17-18(4)16-11-13(2)8-9-14(16)3/h5-11,17H,1-4H3. The third-order valence-electron chi connectivity index (χ3n) is 3.04. The summed E-state index contributed by atoms with van der Waals surface area (Å²) < 4.78 is 0. The Hall–Kier alpha value is -1.96. The molecular formula is C16H20N2. The fourth-order valence-electron chi connectivity index (χ4n) is 2.05. The maximum atomic E-state index is 3.40. The van der Waals surface area contributed by atoms with E-state index in [0.717, 1.165) is 5.69 Å². The Morgan fingerprint density at radius 1 is 0.889 bits per heavy atom. The quantitative estimate of drug-likeness (QED) is 0.813. The highest BCUT2D eigenvalue weighted by Crippen LogP contribution is 2.21. The molecule has 0 aliphatic heterocycles. The molecular weight excluding hydrogens is 220 g/mol. The first-order valence-electron chi connectivity index (χ1n) is 6.20. The molecule has 0 spiro atoms. The van der Waals surface area contributed by atoms with Crippen LogP contribution in [0.3, 0.4) is 0 Å². The molecule has 0 aliphatic carbocycles. The summed E-state index contributed by atoms with van der Waals surface area (Å²) in [5.41, 5.74) is 9.51. The smallest absolute Gasteiger partial charge is 0.0600 e. The van der Waals surface area contributed by atoms with Crippen molar-refractivity contribution >= 4 is 11.4 Å². The van der Waals surface area contributed by atoms with Crippen LogP contribution in [0.25, 0.3) is 0 Å². The van der Waals surface area contributed by atoms with Crippen molar-refractivity contribution in [3.05, 3.63) is 59.2 Å². The third-order valence-corrected chi connectivity index (χ3v) is 3.04. The van der Waals surface area contributed by atoms with Gasteiger partial charge in [-0.05, 0) is 55.7 Å². The Kier molecular flexibility index (Phi) is 3.56. The molecule has 0 bridgehead atoms. The van der Waals surface area contributed by atoms with Crippen LogP contribution in [0.1, 0.15) is 16.7 Å². The van der Waals surface area contributed by atoms with Gasteiger partial charge >= 0.3 is 0 Å². The molecule has 1 N–H and O–H groups in total. The number of nitrogens with zero attached hydrogens (tertiary/aromatic N) is 1.